The van der Waals surface area contributed by atoms with Crippen molar-refractivity contribution in [3.8, 4) is 0 Å². The molecule has 1 fully saturated rings. The number of nitrogens with zero attached hydrogens (tertiary/aromatic N) is 4. The number of carbonyl (C=O) groups excluding carboxylic acids is 2. The molecule has 1 rings (SSSR count). The summed E-state index contributed by atoms with van der Waals surface area (Å²) in [7, 11) is 0. The van der Waals surface area contributed by atoms with Gasteiger partial charge in [-0.05, 0) is 0 Å². The van der Waals surface area contributed by atoms with Crippen LogP contribution in [-0.2, 0) is 19.2 Å². The van der Waals surface area contributed by atoms with Gasteiger partial charge in [-0.2, -0.15) is 0 Å². The van der Waals surface area contributed by atoms with E-state index in [2.05, 4.69) is 0 Å². The molecule has 11 heteroatoms. The van der Waals surface area contributed by atoms with Crippen molar-refractivity contribution in [2.45, 2.75) is 20.8 Å². The lowest BCUT2D eigenvalue weighted by molar-refractivity contribution is -0.140. The summed E-state index contributed by atoms with van der Waals surface area (Å²) in [6.45, 7) is 9.06. The topological polar surface area (TPSA) is 148 Å². The lowest BCUT2D eigenvalue weighted by atomic mass is 9.90. The third-order valence-electron chi connectivity index (χ3n) is 5.23. The van der Waals surface area contributed by atoms with Crippen molar-refractivity contribution in [2.24, 2.45) is 11.1 Å². The van der Waals surface area contributed by atoms with E-state index in [-0.39, 0.29) is 32.0 Å². The van der Waals surface area contributed by atoms with Crippen LogP contribution in [0.3, 0.4) is 0 Å². The maximum Gasteiger partial charge on any atom is 0.317 e. The highest BCUT2D eigenvalue weighted by atomic mass is 16.4. The molecule has 0 unspecified atom stereocenters. The third-order valence-corrected chi connectivity index (χ3v) is 5.23. The normalized spacial score (nSPS) is 19.3. The molecule has 31 heavy (non-hydrogen) atoms. The molecular formula is C20H37N5O6. The maximum atomic E-state index is 12.6. The molecule has 1 saturated heterocycles. The second-order valence-electron chi connectivity index (χ2n) is 9.03. The van der Waals surface area contributed by atoms with Gasteiger partial charge < -0.3 is 15.9 Å². The number of Topliss-reactive ketones (excluding diaryl/α,β-unsaturated/α-hetero) is 1. The molecule has 0 radical (unpaired) electrons. The molecule has 4 N–H and O–H groups in total. The Morgan fingerprint density at radius 3 is 1.19 bits per heavy atom. The number of nitrogens with two attached hydrogens (primary N) is 1. The Morgan fingerprint density at radius 1 is 0.645 bits per heavy atom. The van der Waals surface area contributed by atoms with Gasteiger partial charge in [-0.15, -0.1) is 0 Å². The van der Waals surface area contributed by atoms with Crippen LogP contribution in [0.25, 0.3) is 0 Å². The monoisotopic (exact) mass is 443 g/mol. The Bertz CT molecular complexity index is 604. The highest BCUT2D eigenvalue weighted by Gasteiger charge is 2.25. The van der Waals surface area contributed by atoms with Crippen LogP contribution in [0.15, 0.2) is 0 Å². The second kappa shape index (κ2) is 12.7. The molecular weight excluding hydrogens is 406 g/mol. The molecule has 1 aliphatic heterocycles. The van der Waals surface area contributed by atoms with E-state index in [0.717, 1.165) is 0 Å². The first-order valence-corrected chi connectivity index (χ1v) is 10.5. The van der Waals surface area contributed by atoms with Crippen molar-refractivity contribution in [1.29, 1.82) is 0 Å². The van der Waals surface area contributed by atoms with Gasteiger partial charge in [0.1, 0.15) is 0 Å². The first-order chi connectivity index (χ1) is 14.4. The minimum Gasteiger partial charge on any atom is -0.480 e. The van der Waals surface area contributed by atoms with Gasteiger partial charge in [0.05, 0.1) is 26.2 Å². The SMILES string of the molecule is CC(C)(C)C(=O)CN1CCN(CC(N)=O)CCN(CC(=O)O)CCN(CC(=O)O)CC1. The average molecular weight is 444 g/mol. The highest BCUT2D eigenvalue weighted by molar-refractivity contribution is 5.85. The Hall–Kier alpha value is -2.08. The van der Waals surface area contributed by atoms with E-state index in [1.807, 2.05) is 30.6 Å². The van der Waals surface area contributed by atoms with E-state index >= 15 is 0 Å². The highest BCUT2D eigenvalue weighted by Crippen LogP contribution is 2.15. The number of hydrogen-bond acceptors (Lipinski definition) is 8. The minimum absolute atomic E-state index is 0.0487. The molecule has 0 aromatic rings. The summed E-state index contributed by atoms with van der Waals surface area (Å²) in [5, 5.41) is 18.4. The summed E-state index contributed by atoms with van der Waals surface area (Å²) in [6.07, 6.45) is 0. The number of carboxylic acid groups (broad SMARTS) is 2. The van der Waals surface area contributed by atoms with Crippen molar-refractivity contribution < 1.29 is 29.4 Å². The molecule has 11 nitrogen and oxygen atoms in total. The maximum absolute atomic E-state index is 12.6. The second-order valence-corrected chi connectivity index (χ2v) is 9.03. The molecule has 0 bridgehead atoms. The molecule has 178 valence electrons. The molecule has 1 amide bonds. The Morgan fingerprint density at radius 2 is 0.935 bits per heavy atom. The van der Waals surface area contributed by atoms with Crippen molar-refractivity contribution in [1.82, 2.24) is 19.6 Å². The smallest absolute Gasteiger partial charge is 0.317 e. The number of ketones is 1. The Kier molecular flexibility index (Phi) is 11.0. The lowest BCUT2D eigenvalue weighted by Crippen LogP contribution is -2.50. The molecule has 0 aromatic heterocycles. The van der Waals surface area contributed by atoms with Crippen molar-refractivity contribution in [3.05, 3.63) is 0 Å². The van der Waals surface area contributed by atoms with E-state index in [9.17, 15) is 29.4 Å². The van der Waals surface area contributed by atoms with Gasteiger partial charge in [0.25, 0.3) is 0 Å². The Labute approximate surface area is 183 Å². The van der Waals surface area contributed by atoms with E-state index in [0.29, 0.717) is 52.4 Å². The predicted octanol–water partition coefficient (Wildman–Crippen LogP) is -1.52. The van der Waals surface area contributed by atoms with Crippen LogP contribution in [0.4, 0.5) is 0 Å². The number of carboxylic acids is 2. The Balaban J connectivity index is 2.99. The zero-order valence-electron chi connectivity index (χ0n) is 18.9. The number of hydrogen-bond donors (Lipinski definition) is 3. The summed E-state index contributed by atoms with van der Waals surface area (Å²) in [4.78, 5) is 53.9. The average Bonchev–Trinajstić information content (AvgIpc) is 2.61. The van der Waals surface area contributed by atoms with Crippen LogP contribution in [-0.4, -0.2) is 132 Å². The number of rotatable bonds is 8. The van der Waals surface area contributed by atoms with E-state index in [1.54, 1.807) is 9.80 Å². The summed E-state index contributed by atoms with van der Waals surface area (Å²) < 4.78 is 0. The van der Waals surface area contributed by atoms with Crippen LogP contribution in [0.2, 0.25) is 0 Å². The molecule has 1 aliphatic rings. The van der Waals surface area contributed by atoms with Gasteiger partial charge in [-0.3, -0.25) is 38.8 Å². The lowest BCUT2D eigenvalue weighted by Gasteiger charge is -2.33. The van der Waals surface area contributed by atoms with Crippen molar-refractivity contribution >= 4 is 23.6 Å². The van der Waals surface area contributed by atoms with Gasteiger partial charge in [0, 0.05) is 57.8 Å². The minimum atomic E-state index is -0.967. The fourth-order valence-electron chi connectivity index (χ4n) is 3.25. The van der Waals surface area contributed by atoms with Crippen LogP contribution in [0, 0.1) is 5.41 Å². The molecule has 0 saturated carbocycles. The molecule has 0 atom stereocenters. The number of primary amides is 1. The fraction of sp³-hybridized carbons (Fsp3) is 0.800. The molecule has 0 aromatic carbocycles. The van der Waals surface area contributed by atoms with Gasteiger partial charge in [0.2, 0.25) is 5.91 Å². The number of aliphatic carboxylic acids is 2. The van der Waals surface area contributed by atoms with Gasteiger partial charge in [-0.25, -0.2) is 0 Å². The fourth-order valence-corrected chi connectivity index (χ4v) is 3.25. The van der Waals surface area contributed by atoms with Crippen LogP contribution in [0.5, 0.6) is 0 Å². The van der Waals surface area contributed by atoms with Gasteiger partial charge in [-0.1, -0.05) is 20.8 Å². The molecule has 0 aliphatic carbocycles. The standard InChI is InChI=1S/C20H37N5O6/c1-20(2,3)16(26)12-22-4-6-23(13-17(21)27)7-9-25(15-19(30)31)11-10-24(8-5-22)14-18(28)29/h4-15H2,1-3H3,(H2,21,27)(H,28,29)(H,30,31). The summed E-state index contributed by atoms with van der Waals surface area (Å²) in [5.41, 5.74) is 4.88. The summed E-state index contributed by atoms with van der Waals surface area (Å²) in [5.74, 6) is -2.31. The number of amides is 1. The van der Waals surface area contributed by atoms with E-state index < -0.39 is 23.3 Å². The zero-order chi connectivity index (χ0) is 23.6. The number of carbonyl (C=O) groups is 4. The van der Waals surface area contributed by atoms with Gasteiger partial charge in [0.15, 0.2) is 5.78 Å². The van der Waals surface area contributed by atoms with Crippen LogP contribution in [0.1, 0.15) is 20.8 Å². The first kappa shape index (κ1) is 27.0. The van der Waals surface area contributed by atoms with Crippen LogP contribution >= 0.6 is 0 Å². The molecule has 0 spiro atoms. The predicted molar refractivity (Wildman–Crippen MR) is 115 cm³/mol. The largest absolute Gasteiger partial charge is 0.480 e. The van der Waals surface area contributed by atoms with Crippen molar-refractivity contribution in [2.75, 3.05) is 78.5 Å². The quantitative estimate of drug-likeness (QED) is 0.404. The third kappa shape index (κ3) is 11.8. The summed E-state index contributed by atoms with van der Waals surface area (Å²) >= 11 is 0. The van der Waals surface area contributed by atoms with E-state index in [4.69, 9.17) is 5.73 Å². The molecule has 1 heterocycles. The first-order valence-electron chi connectivity index (χ1n) is 10.5. The van der Waals surface area contributed by atoms with Crippen LogP contribution < -0.4 is 5.73 Å². The van der Waals surface area contributed by atoms with E-state index in [1.165, 1.54) is 0 Å². The van der Waals surface area contributed by atoms with Crippen molar-refractivity contribution in [3.63, 3.8) is 0 Å². The van der Waals surface area contributed by atoms with Gasteiger partial charge >= 0.3 is 11.9 Å². The zero-order valence-corrected chi connectivity index (χ0v) is 18.9. The summed E-state index contributed by atoms with van der Waals surface area (Å²) in [6, 6.07) is 0.